The van der Waals surface area contributed by atoms with Crippen molar-refractivity contribution in [3.63, 3.8) is 0 Å². The minimum absolute atomic E-state index is 0.0155. The van der Waals surface area contributed by atoms with Gasteiger partial charge in [-0.1, -0.05) is 20.3 Å². The third-order valence-corrected chi connectivity index (χ3v) is 4.08. The first-order valence-corrected chi connectivity index (χ1v) is 7.23. The maximum absolute atomic E-state index is 12.1. The summed E-state index contributed by atoms with van der Waals surface area (Å²) in [5.74, 6) is -0.848. The van der Waals surface area contributed by atoms with Crippen LogP contribution < -0.4 is 5.32 Å². The Labute approximate surface area is 115 Å². The zero-order valence-electron chi connectivity index (χ0n) is 12.2. The summed E-state index contributed by atoms with van der Waals surface area (Å²) in [5, 5.41) is 12.1. The summed E-state index contributed by atoms with van der Waals surface area (Å²) in [6.45, 7) is 6.81. The second-order valence-electron chi connectivity index (χ2n) is 5.51. The lowest BCUT2D eigenvalue weighted by atomic mass is 9.99. The molecule has 1 heterocycles. The molecule has 1 aliphatic rings. The molecule has 0 bridgehead atoms. The molecule has 3 atom stereocenters. The number of carboxylic acids is 1. The minimum atomic E-state index is -0.881. The van der Waals surface area contributed by atoms with Crippen molar-refractivity contribution in [1.82, 2.24) is 10.2 Å². The van der Waals surface area contributed by atoms with Gasteiger partial charge in [-0.05, 0) is 32.1 Å². The van der Waals surface area contributed by atoms with Crippen LogP contribution in [0, 0.1) is 5.92 Å². The van der Waals surface area contributed by atoms with Crippen LogP contribution in [0.2, 0.25) is 0 Å². The van der Waals surface area contributed by atoms with Crippen LogP contribution in [0.15, 0.2) is 0 Å². The van der Waals surface area contributed by atoms with Gasteiger partial charge in [-0.3, -0.25) is 14.9 Å². The molecule has 1 amide bonds. The summed E-state index contributed by atoms with van der Waals surface area (Å²) in [4.78, 5) is 25.1. The standard InChI is InChI=1S/C14H26N2O3/c1-4-10(2)13(14(18)19)15-9-12(17)16-8-6-5-7-11(16)3/h10-11,13,15H,4-9H2,1-3H3,(H,18,19)/t10-,11?,13-/m0/s1. The van der Waals surface area contributed by atoms with Gasteiger partial charge in [0, 0.05) is 12.6 Å². The van der Waals surface area contributed by atoms with E-state index in [1.807, 2.05) is 18.7 Å². The van der Waals surface area contributed by atoms with E-state index in [0.29, 0.717) is 0 Å². The fourth-order valence-electron chi connectivity index (χ4n) is 2.54. The van der Waals surface area contributed by atoms with Gasteiger partial charge in [0.2, 0.25) is 5.91 Å². The molecule has 1 saturated heterocycles. The Bertz CT molecular complexity index is 320. The summed E-state index contributed by atoms with van der Waals surface area (Å²) >= 11 is 0. The molecule has 0 aromatic rings. The summed E-state index contributed by atoms with van der Waals surface area (Å²) in [7, 11) is 0. The quantitative estimate of drug-likeness (QED) is 0.767. The second kappa shape index (κ2) is 7.48. The average molecular weight is 270 g/mol. The van der Waals surface area contributed by atoms with Gasteiger partial charge in [-0.15, -0.1) is 0 Å². The van der Waals surface area contributed by atoms with Gasteiger partial charge in [0.25, 0.3) is 0 Å². The van der Waals surface area contributed by atoms with E-state index in [4.69, 9.17) is 5.11 Å². The first-order valence-electron chi connectivity index (χ1n) is 7.23. The molecule has 1 aliphatic heterocycles. The van der Waals surface area contributed by atoms with E-state index >= 15 is 0 Å². The van der Waals surface area contributed by atoms with E-state index in [0.717, 1.165) is 25.8 Å². The summed E-state index contributed by atoms with van der Waals surface area (Å²) < 4.78 is 0. The Morgan fingerprint density at radius 2 is 2.11 bits per heavy atom. The fraction of sp³-hybridized carbons (Fsp3) is 0.857. The van der Waals surface area contributed by atoms with Crippen LogP contribution in [0.3, 0.4) is 0 Å². The molecule has 0 radical (unpaired) electrons. The Hall–Kier alpha value is -1.10. The van der Waals surface area contributed by atoms with Gasteiger partial charge in [0.05, 0.1) is 6.54 Å². The Morgan fingerprint density at radius 1 is 1.42 bits per heavy atom. The first-order chi connectivity index (χ1) is 8.97. The van der Waals surface area contributed by atoms with E-state index in [2.05, 4.69) is 12.2 Å². The predicted molar refractivity (Wildman–Crippen MR) is 73.9 cm³/mol. The average Bonchev–Trinajstić information content (AvgIpc) is 2.38. The van der Waals surface area contributed by atoms with Gasteiger partial charge in [-0.25, -0.2) is 0 Å². The van der Waals surface area contributed by atoms with Crippen LogP contribution in [0.4, 0.5) is 0 Å². The normalized spacial score (nSPS) is 22.9. The fourth-order valence-corrected chi connectivity index (χ4v) is 2.54. The maximum atomic E-state index is 12.1. The molecule has 0 aromatic heterocycles. The number of rotatable bonds is 6. The highest BCUT2D eigenvalue weighted by Crippen LogP contribution is 2.16. The maximum Gasteiger partial charge on any atom is 0.320 e. The topological polar surface area (TPSA) is 69.6 Å². The largest absolute Gasteiger partial charge is 0.480 e. The molecule has 0 aliphatic carbocycles. The number of amides is 1. The summed E-state index contributed by atoms with van der Waals surface area (Å²) in [6.07, 6.45) is 4.03. The van der Waals surface area contributed by atoms with E-state index in [9.17, 15) is 9.59 Å². The Morgan fingerprint density at radius 3 is 2.63 bits per heavy atom. The summed E-state index contributed by atoms with van der Waals surface area (Å²) in [6, 6.07) is -0.371. The van der Waals surface area contributed by atoms with E-state index in [-0.39, 0.29) is 24.4 Å². The molecule has 1 unspecified atom stereocenters. The van der Waals surface area contributed by atoms with Crippen LogP contribution in [0.1, 0.15) is 46.5 Å². The van der Waals surface area contributed by atoms with Crippen LogP contribution >= 0.6 is 0 Å². The predicted octanol–water partition coefficient (Wildman–Crippen LogP) is 1.48. The van der Waals surface area contributed by atoms with Crippen molar-refractivity contribution in [2.75, 3.05) is 13.1 Å². The van der Waals surface area contributed by atoms with Crippen molar-refractivity contribution in [3.05, 3.63) is 0 Å². The van der Waals surface area contributed by atoms with Crippen molar-refractivity contribution in [2.24, 2.45) is 5.92 Å². The first kappa shape index (κ1) is 16.0. The highest BCUT2D eigenvalue weighted by Gasteiger charge is 2.27. The van der Waals surface area contributed by atoms with E-state index in [1.54, 1.807) is 0 Å². The number of hydrogen-bond donors (Lipinski definition) is 2. The number of carboxylic acid groups (broad SMARTS) is 1. The lowest BCUT2D eigenvalue weighted by Gasteiger charge is -2.34. The molecule has 5 heteroatoms. The number of carbonyl (C=O) groups excluding carboxylic acids is 1. The Kier molecular flexibility index (Phi) is 6.28. The minimum Gasteiger partial charge on any atom is -0.480 e. The Balaban J connectivity index is 2.49. The third kappa shape index (κ3) is 4.49. The molecule has 0 saturated carbocycles. The zero-order valence-corrected chi connectivity index (χ0v) is 12.2. The van der Waals surface area contributed by atoms with Gasteiger partial charge >= 0.3 is 5.97 Å². The van der Waals surface area contributed by atoms with Crippen LogP contribution in [0.5, 0.6) is 0 Å². The number of hydrogen-bond acceptors (Lipinski definition) is 3. The monoisotopic (exact) mass is 270 g/mol. The number of nitrogens with zero attached hydrogens (tertiary/aromatic N) is 1. The SMILES string of the molecule is CC[C@H](C)[C@H](NCC(=O)N1CCCCC1C)C(=O)O. The number of likely N-dealkylation sites (tertiary alicyclic amines) is 1. The van der Waals surface area contributed by atoms with Crippen molar-refractivity contribution in [1.29, 1.82) is 0 Å². The molecule has 5 nitrogen and oxygen atoms in total. The molecule has 1 rings (SSSR count). The van der Waals surface area contributed by atoms with Crippen molar-refractivity contribution in [2.45, 2.75) is 58.5 Å². The van der Waals surface area contributed by atoms with Crippen LogP contribution in [0.25, 0.3) is 0 Å². The molecule has 19 heavy (non-hydrogen) atoms. The van der Waals surface area contributed by atoms with E-state index in [1.165, 1.54) is 6.42 Å². The van der Waals surface area contributed by atoms with Gasteiger partial charge < -0.3 is 10.0 Å². The molecular formula is C14H26N2O3. The number of aliphatic carboxylic acids is 1. The highest BCUT2D eigenvalue weighted by molar-refractivity contribution is 5.80. The van der Waals surface area contributed by atoms with Gasteiger partial charge in [-0.2, -0.15) is 0 Å². The van der Waals surface area contributed by atoms with Gasteiger partial charge in [0.1, 0.15) is 6.04 Å². The molecule has 0 aromatic carbocycles. The van der Waals surface area contributed by atoms with Crippen molar-refractivity contribution < 1.29 is 14.7 Å². The number of nitrogens with one attached hydrogen (secondary N) is 1. The number of carbonyl (C=O) groups is 2. The van der Waals surface area contributed by atoms with Crippen LogP contribution in [-0.2, 0) is 9.59 Å². The molecule has 1 fully saturated rings. The van der Waals surface area contributed by atoms with Crippen molar-refractivity contribution >= 4 is 11.9 Å². The molecular weight excluding hydrogens is 244 g/mol. The molecule has 2 N–H and O–H groups in total. The highest BCUT2D eigenvalue weighted by atomic mass is 16.4. The van der Waals surface area contributed by atoms with E-state index < -0.39 is 12.0 Å². The second-order valence-corrected chi connectivity index (χ2v) is 5.51. The van der Waals surface area contributed by atoms with Crippen molar-refractivity contribution in [3.8, 4) is 0 Å². The summed E-state index contributed by atoms with van der Waals surface area (Å²) in [5.41, 5.74) is 0. The zero-order chi connectivity index (χ0) is 14.4. The molecule has 0 spiro atoms. The third-order valence-electron chi connectivity index (χ3n) is 4.08. The van der Waals surface area contributed by atoms with Crippen LogP contribution in [-0.4, -0.2) is 47.1 Å². The molecule has 110 valence electrons. The lowest BCUT2D eigenvalue weighted by Crippen LogP contribution is -2.50. The smallest absolute Gasteiger partial charge is 0.320 e. The lowest BCUT2D eigenvalue weighted by molar-refractivity contribution is -0.141. The van der Waals surface area contributed by atoms with Gasteiger partial charge in [0.15, 0.2) is 0 Å². The number of piperidine rings is 1.